The largest absolute Gasteiger partial charge is 0.457 e. The quantitative estimate of drug-likeness (QED) is 0.440. The van der Waals surface area contributed by atoms with Crippen LogP contribution in [0.5, 0.6) is 0 Å². The van der Waals surface area contributed by atoms with Gasteiger partial charge >= 0.3 is 5.97 Å². The standard InChI is InChI=1S/C30H39NO5/c1-18-10-9-13-23-27(33)20(3)19(2)26-24(16-22-11-7-6-8-12-22)31-28(34)30(23,26)25(36-21(4)32)14-15-29(5,35)17-18/h6-9,11-15,18-19,23-27,33,35H,3,10,16-17H2,1-2,4-5H3,(H,31,34)/t18-,19-,23-,24-,25-,26-,27+,29+,30-/m0/s1. The van der Waals surface area contributed by atoms with Crippen LogP contribution < -0.4 is 5.32 Å². The fourth-order valence-corrected chi connectivity index (χ4v) is 6.90. The van der Waals surface area contributed by atoms with E-state index in [1.165, 1.54) is 6.92 Å². The molecule has 1 aliphatic heterocycles. The van der Waals surface area contributed by atoms with E-state index in [2.05, 4.69) is 18.8 Å². The molecule has 1 saturated heterocycles. The number of rotatable bonds is 3. The lowest BCUT2D eigenvalue weighted by atomic mass is 9.51. The highest BCUT2D eigenvalue weighted by atomic mass is 16.5. The summed E-state index contributed by atoms with van der Waals surface area (Å²) in [5.41, 5.74) is -0.635. The van der Waals surface area contributed by atoms with Gasteiger partial charge in [-0.25, -0.2) is 0 Å². The molecular weight excluding hydrogens is 454 g/mol. The molecule has 36 heavy (non-hydrogen) atoms. The number of allylic oxidation sites excluding steroid dienone is 1. The Kier molecular flexibility index (Phi) is 7.31. The van der Waals surface area contributed by atoms with Crippen LogP contribution in [0.25, 0.3) is 0 Å². The van der Waals surface area contributed by atoms with Crippen LogP contribution in [0.4, 0.5) is 0 Å². The molecule has 0 bridgehead atoms. The van der Waals surface area contributed by atoms with E-state index in [4.69, 9.17) is 4.74 Å². The first-order valence-electron chi connectivity index (χ1n) is 12.9. The molecule has 6 nitrogen and oxygen atoms in total. The van der Waals surface area contributed by atoms with Gasteiger partial charge in [0.05, 0.1) is 11.7 Å². The van der Waals surface area contributed by atoms with Gasteiger partial charge in [0, 0.05) is 24.8 Å². The van der Waals surface area contributed by atoms with Gasteiger partial charge in [-0.2, -0.15) is 0 Å². The summed E-state index contributed by atoms with van der Waals surface area (Å²) in [5, 5.41) is 25.8. The molecule has 194 valence electrons. The molecule has 3 N–H and O–H groups in total. The fraction of sp³-hybridized carbons (Fsp3) is 0.533. The maximum Gasteiger partial charge on any atom is 0.303 e. The number of ether oxygens (including phenoxy) is 1. The summed E-state index contributed by atoms with van der Waals surface area (Å²) in [6.07, 6.45) is 7.09. The van der Waals surface area contributed by atoms with Gasteiger partial charge in [-0.05, 0) is 55.2 Å². The van der Waals surface area contributed by atoms with Crippen LogP contribution in [0, 0.1) is 29.1 Å². The number of nitrogens with one attached hydrogen (secondary N) is 1. The Morgan fingerprint density at radius 1 is 1.22 bits per heavy atom. The topological polar surface area (TPSA) is 95.9 Å². The van der Waals surface area contributed by atoms with Crippen molar-refractivity contribution in [1.29, 1.82) is 0 Å². The number of carbonyl (C=O) groups is 2. The van der Waals surface area contributed by atoms with Crippen LogP contribution in [0.2, 0.25) is 0 Å². The Bertz CT molecular complexity index is 1060. The second-order valence-electron chi connectivity index (χ2n) is 11.3. The van der Waals surface area contributed by atoms with Crippen LogP contribution in [0.15, 0.2) is 66.8 Å². The monoisotopic (exact) mass is 493 g/mol. The minimum absolute atomic E-state index is 0.170. The summed E-state index contributed by atoms with van der Waals surface area (Å²) >= 11 is 0. The second-order valence-corrected chi connectivity index (χ2v) is 11.3. The highest BCUT2D eigenvalue weighted by Gasteiger charge is 2.68. The zero-order valence-corrected chi connectivity index (χ0v) is 21.7. The Hall–Kier alpha value is -2.70. The number of benzene rings is 1. The summed E-state index contributed by atoms with van der Waals surface area (Å²) in [6.45, 7) is 11.3. The maximum atomic E-state index is 14.2. The van der Waals surface area contributed by atoms with E-state index in [0.29, 0.717) is 24.8 Å². The molecule has 4 rings (SSSR count). The maximum absolute atomic E-state index is 14.2. The highest BCUT2D eigenvalue weighted by molar-refractivity contribution is 5.89. The van der Waals surface area contributed by atoms with Gasteiger partial charge in [-0.3, -0.25) is 9.59 Å². The van der Waals surface area contributed by atoms with E-state index in [-0.39, 0.29) is 29.7 Å². The molecule has 1 saturated carbocycles. The van der Waals surface area contributed by atoms with Crippen LogP contribution in [-0.2, 0) is 20.7 Å². The molecule has 6 heteroatoms. The molecule has 0 unspecified atom stereocenters. The predicted octanol–water partition coefficient (Wildman–Crippen LogP) is 3.74. The number of aliphatic hydroxyl groups is 2. The first kappa shape index (κ1) is 26.4. The van der Waals surface area contributed by atoms with Gasteiger partial charge < -0.3 is 20.3 Å². The average molecular weight is 494 g/mol. The number of aliphatic hydroxyl groups excluding tert-OH is 1. The number of hydrogen-bond donors (Lipinski definition) is 3. The summed E-state index contributed by atoms with van der Waals surface area (Å²) in [4.78, 5) is 26.5. The minimum atomic E-state index is -1.26. The summed E-state index contributed by atoms with van der Waals surface area (Å²) in [7, 11) is 0. The molecule has 9 atom stereocenters. The fourth-order valence-electron chi connectivity index (χ4n) is 6.90. The molecule has 0 aromatic heterocycles. The van der Waals surface area contributed by atoms with Crippen molar-refractivity contribution in [3.63, 3.8) is 0 Å². The molecule has 0 radical (unpaired) electrons. The third-order valence-corrected chi connectivity index (χ3v) is 8.43. The molecule has 1 aromatic rings. The zero-order chi connectivity index (χ0) is 26.3. The molecule has 1 aromatic carbocycles. The molecule has 2 fully saturated rings. The van der Waals surface area contributed by atoms with E-state index in [1.807, 2.05) is 49.4 Å². The normalized spacial score (nSPS) is 40.6. The highest BCUT2D eigenvalue weighted by Crippen LogP contribution is 2.58. The van der Waals surface area contributed by atoms with Crippen LogP contribution >= 0.6 is 0 Å². The van der Waals surface area contributed by atoms with E-state index < -0.39 is 35.1 Å². The molecule has 1 heterocycles. The summed E-state index contributed by atoms with van der Waals surface area (Å²) in [5.74, 6) is -1.75. The lowest BCUT2D eigenvalue weighted by Gasteiger charge is -2.52. The van der Waals surface area contributed by atoms with E-state index >= 15 is 0 Å². The SMILES string of the molecule is C=C1[C@@H](O)[C@@H]2C=CC[C@H](C)C[C@](C)(O)C=C[C@H](OC(C)=O)[C@@]23C(=O)N[C@@H](Cc2ccccc2)[C@@H]3[C@H]1C. The first-order chi connectivity index (χ1) is 17.0. The van der Waals surface area contributed by atoms with E-state index in [9.17, 15) is 19.8 Å². The van der Waals surface area contributed by atoms with Gasteiger partial charge in [0.2, 0.25) is 5.91 Å². The Morgan fingerprint density at radius 2 is 1.92 bits per heavy atom. The van der Waals surface area contributed by atoms with E-state index in [1.54, 1.807) is 19.1 Å². The van der Waals surface area contributed by atoms with Gasteiger partial charge in [0.15, 0.2) is 0 Å². The Labute approximate surface area is 214 Å². The predicted molar refractivity (Wildman–Crippen MR) is 139 cm³/mol. The third-order valence-electron chi connectivity index (χ3n) is 8.43. The van der Waals surface area contributed by atoms with Crippen LogP contribution in [0.3, 0.4) is 0 Å². The van der Waals surface area contributed by atoms with Gasteiger partial charge in [0.1, 0.15) is 11.5 Å². The molecule has 1 spiro atoms. The lowest BCUT2D eigenvalue weighted by molar-refractivity contribution is -0.166. The van der Waals surface area contributed by atoms with Crippen molar-refractivity contribution < 1.29 is 24.5 Å². The Balaban J connectivity index is 1.92. The van der Waals surface area contributed by atoms with Gasteiger partial charge in [-0.15, -0.1) is 0 Å². The van der Waals surface area contributed by atoms with Gasteiger partial charge in [0.25, 0.3) is 0 Å². The summed E-state index contributed by atoms with van der Waals surface area (Å²) < 4.78 is 5.89. The third kappa shape index (κ3) is 4.69. The zero-order valence-electron chi connectivity index (χ0n) is 21.7. The Morgan fingerprint density at radius 3 is 2.58 bits per heavy atom. The molecule has 1 amide bonds. The van der Waals surface area contributed by atoms with Crippen molar-refractivity contribution in [2.45, 2.75) is 70.8 Å². The number of hydrogen-bond acceptors (Lipinski definition) is 5. The first-order valence-corrected chi connectivity index (χ1v) is 12.9. The number of carbonyl (C=O) groups excluding carboxylic acids is 2. The van der Waals surface area contributed by atoms with Crippen molar-refractivity contribution in [2.75, 3.05) is 0 Å². The van der Waals surface area contributed by atoms with Crippen molar-refractivity contribution in [1.82, 2.24) is 5.32 Å². The summed E-state index contributed by atoms with van der Waals surface area (Å²) in [6, 6.07) is 9.73. The van der Waals surface area contributed by atoms with Crippen molar-refractivity contribution in [3.8, 4) is 0 Å². The van der Waals surface area contributed by atoms with Gasteiger partial charge in [-0.1, -0.05) is 69.0 Å². The molecular formula is C30H39NO5. The second kappa shape index (κ2) is 9.98. The molecule has 2 aliphatic carbocycles. The number of amides is 1. The average Bonchev–Trinajstić information content (AvgIpc) is 3.08. The number of esters is 1. The van der Waals surface area contributed by atoms with Crippen molar-refractivity contribution >= 4 is 11.9 Å². The van der Waals surface area contributed by atoms with Crippen LogP contribution in [0.1, 0.15) is 46.1 Å². The molecule has 3 aliphatic rings. The smallest absolute Gasteiger partial charge is 0.303 e. The van der Waals surface area contributed by atoms with Crippen LogP contribution in [-0.4, -0.2) is 45.9 Å². The minimum Gasteiger partial charge on any atom is -0.457 e. The van der Waals surface area contributed by atoms with Crippen molar-refractivity contribution in [3.05, 3.63) is 72.4 Å². The van der Waals surface area contributed by atoms with E-state index in [0.717, 1.165) is 5.56 Å². The van der Waals surface area contributed by atoms with Crippen molar-refractivity contribution in [2.24, 2.45) is 29.1 Å². The lowest BCUT2D eigenvalue weighted by Crippen LogP contribution is -2.60.